The number of esters is 2. The lowest BCUT2D eigenvalue weighted by Gasteiger charge is -2.28. The van der Waals surface area contributed by atoms with Crippen molar-refractivity contribution in [1.82, 2.24) is 0 Å². The molecule has 0 N–H and O–H groups in total. The molecule has 26 heavy (non-hydrogen) atoms. The molecule has 1 fully saturated rings. The highest BCUT2D eigenvalue weighted by Gasteiger charge is 2.21. The van der Waals surface area contributed by atoms with Gasteiger partial charge in [-0.1, -0.05) is 12.2 Å². The number of hydrogen-bond acceptors (Lipinski definition) is 6. The van der Waals surface area contributed by atoms with Crippen molar-refractivity contribution in [2.75, 3.05) is 39.6 Å². The monoisotopic (exact) mass is 368 g/mol. The van der Waals surface area contributed by atoms with E-state index in [-0.39, 0.29) is 11.9 Å². The number of carbonyl (C=O) groups is 2. The molecule has 6 heteroatoms. The zero-order valence-corrected chi connectivity index (χ0v) is 16.0. The van der Waals surface area contributed by atoms with Gasteiger partial charge in [0.05, 0.1) is 13.2 Å². The topological polar surface area (TPSA) is 71.1 Å². The van der Waals surface area contributed by atoms with E-state index in [0.717, 1.165) is 38.9 Å². The summed E-state index contributed by atoms with van der Waals surface area (Å²) in [5.74, 6) is 0.486. The number of hydrogen-bond donors (Lipinski definition) is 0. The third-order valence-corrected chi connectivity index (χ3v) is 4.22. The summed E-state index contributed by atoms with van der Waals surface area (Å²) in [6, 6.07) is 0. The molecule has 1 aliphatic carbocycles. The minimum absolute atomic E-state index is 0.297. The van der Waals surface area contributed by atoms with E-state index in [0.29, 0.717) is 38.3 Å². The van der Waals surface area contributed by atoms with Gasteiger partial charge in [0.2, 0.25) is 0 Å². The molecular weight excluding hydrogens is 336 g/mol. The van der Waals surface area contributed by atoms with E-state index in [1.54, 1.807) is 26.0 Å². The molecule has 0 bridgehead atoms. The first kappa shape index (κ1) is 22.4. The van der Waals surface area contributed by atoms with Gasteiger partial charge >= 0.3 is 11.9 Å². The molecule has 6 nitrogen and oxygen atoms in total. The normalized spacial score (nSPS) is 20.5. The summed E-state index contributed by atoms with van der Waals surface area (Å²) in [5, 5.41) is 0. The van der Waals surface area contributed by atoms with Crippen LogP contribution in [-0.4, -0.2) is 51.6 Å². The van der Waals surface area contributed by atoms with E-state index in [9.17, 15) is 9.59 Å². The SMILES string of the molecule is CC=CC(=O)OCCOCC1CCC(COCCOC(=O)C=CC)CC1. The maximum Gasteiger partial charge on any atom is 0.330 e. The highest BCUT2D eigenvalue weighted by molar-refractivity contribution is 5.82. The lowest BCUT2D eigenvalue weighted by Crippen LogP contribution is -2.23. The smallest absolute Gasteiger partial charge is 0.330 e. The molecule has 0 aliphatic heterocycles. The number of allylic oxidation sites excluding steroid dienone is 2. The second kappa shape index (κ2) is 14.5. The van der Waals surface area contributed by atoms with Crippen LogP contribution in [0.15, 0.2) is 24.3 Å². The summed E-state index contributed by atoms with van der Waals surface area (Å²) in [5.41, 5.74) is 0. The predicted octanol–water partition coefficient (Wildman–Crippen LogP) is 3.06. The average molecular weight is 368 g/mol. The van der Waals surface area contributed by atoms with E-state index in [4.69, 9.17) is 18.9 Å². The largest absolute Gasteiger partial charge is 0.460 e. The fraction of sp³-hybridized carbons (Fsp3) is 0.700. The molecule has 0 aromatic rings. The Kier molecular flexibility index (Phi) is 12.5. The summed E-state index contributed by atoms with van der Waals surface area (Å²) < 4.78 is 21.2. The quantitative estimate of drug-likeness (QED) is 0.299. The van der Waals surface area contributed by atoms with Crippen LogP contribution in [0.2, 0.25) is 0 Å². The Morgan fingerprint density at radius 1 is 0.731 bits per heavy atom. The molecule has 0 radical (unpaired) electrons. The van der Waals surface area contributed by atoms with Crippen molar-refractivity contribution in [2.24, 2.45) is 11.8 Å². The minimum Gasteiger partial charge on any atom is -0.460 e. The zero-order valence-electron chi connectivity index (χ0n) is 16.0. The molecule has 1 saturated carbocycles. The molecule has 0 spiro atoms. The Balaban J connectivity index is 1.96. The van der Waals surface area contributed by atoms with Gasteiger partial charge in [0.15, 0.2) is 0 Å². The first-order valence-electron chi connectivity index (χ1n) is 9.40. The van der Waals surface area contributed by atoms with Gasteiger partial charge in [-0.25, -0.2) is 9.59 Å². The van der Waals surface area contributed by atoms with E-state index in [1.807, 2.05) is 0 Å². The third-order valence-electron chi connectivity index (χ3n) is 4.22. The number of carbonyl (C=O) groups excluding carboxylic acids is 2. The molecule has 0 amide bonds. The predicted molar refractivity (Wildman–Crippen MR) is 98.6 cm³/mol. The van der Waals surface area contributed by atoms with E-state index < -0.39 is 0 Å². The lowest BCUT2D eigenvalue weighted by molar-refractivity contribution is -0.140. The summed E-state index contributed by atoms with van der Waals surface area (Å²) >= 11 is 0. The van der Waals surface area contributed by atoms with E-state index in [1.165, 1.54) is 12.2 Å². The molecule has 148 valence electrons. The molecule has 0 aromatic heterocycles. The highest BCUT2D eigenvalue weighted by Crippen LogP contribution is 2.29. The molecule has 0 aromatic carbocycles. The van der Waals surface area contributed by atoms with Crippen LogP contribution >= 0.6 is 0 Å². The summed E-state index contributed by atoms with van der Waals surface area (Å²) in [6.07, 6.45) is 10.6. The van der Waals surface area contributed by atoms with Gasteiger partial charge in [-0.05, 0) is 51.4 Å². The minimum atomic E-state index is -0.326. The van der Waals surface area contributed by atoms with Gasteiger partial charge in [0.1, 0.15) is 13.2 Å². The Morgan fingerprint density at radius 3 is 1.46 bits per heavy atom. The Bertz CT molecular complexity index is 407. The second-order valence-electron chi connectivity index (χ2n) is 6.37. The summed E-state index contributed by atoms with van der Waals surface area (Å²) in [4.78, 5) is 22.3. The van der Waals surface area contributed by atoms with Gasteiger partial charge < -0.3 is 18.9 Å². The first-order valence-corrected chi connectivity index (χ1v) is 9.40. The molecule has 0 heterocycles. The lowest BCUT2D eigenvalue weighted by atomic mass is 9.83. The van der Waals surface area contributed by atoms with Gasteiger partial charge in [-0.15, -0.1) is 0 Å². The fourth-order valence-corrected chi connectivity index (χ4v) is 2.84. The van der Waals surface area contributed by atoms with Gasteiger partial charge in [-0.2, -0.15) is 0 Å². The van der Waals surface area contributed by atoms with Crippen molar-refractivity contribution in [1.29, 1.82) is 0 Å². The third kappa shape index (κ3) is 11.1. The van der Waals surface area contributed by atoms with Crippen molar-refractivity contribution >= 4 is 11.9 Å². The standard InChI is InChI=1S/C20H32O6/c1-3-5-19(21)25-13-11-23-15-17-7-9-18(10-8-17)16-24-12-14-26-20(22)6-4-2/h3-6,17-18H,7-16H2,1-2H3. The zero-order chi connectivity index (χ0) is 19.0. The molecule has 1 rings (SSSR count). The Hall–Kier alpha value is -1.66. The highest BCUT2D eigenvalue weighted by atomic mass is 16.6. The first-order chi connectivity index (χ1) is 12.7. The maximum atomic E-state index is 11.1. The van der Waals surface area contributed by atoms with Gasteiger partial charge in [0.25, 0.3) is 0 Å². The van der Waals surface area contributed by atoms with Crippen LogP contribution in [-0.2, 0) is 28.5 Å². The van der Waals surface area contributed by atoms with Crippen LogP contribution in [0.5, 0.6) is 0 Å². The Labute approximate surface area is 156 Å². The number of rotatable bonds is 12. The van der Waals surface area contributed by atoms with Gasteiger partial charge in [-0.3, -0.25) is 0 Å². The molecule has 0 saturated heterocycles. The average Bonchev–Trinajstić information content (AvgIpc) is 2.63. The van der Waals surface area contributed by atoms with E-state index >= 15 is 0 Å². The van der Waals surface area contributed by atoms with Crippen molar-refractivity contribution in [3.63, 3.8) is 0 Å². The van der Waals surface area contributed by atoms with Crippen molar-refractivity contribution in [3.05, 3.63) is 24.3 Å². The molecule has 0 atom stereocenters. The summed E-state index contributed by atoms with van der Waals surface area (Å²) in [6.45, 7) is 6.47. The summed E-state index contributed by atoms with van der Waals surface area (Å²) in [7, 11) is 0. The fourth-order valence-electron chi connectivity index (χ4n) is 2.84. The van der Waals surface area contributed by atoms with Crippen LogP contribution in [0.25, 0.3) is 0 Å². The van der Waals surface area contributed by atoms with Crippen LogP contribution in [0, 0.1) is 11.8 Å². The maximum absolute atomic E-state index is 11.1. The Morgan fingerprint density at radius 2 is 1.12 bits per heavy atom. The molecule has 1 aliphatic rings. The van der Waals surface area contributed by atoms with Crippen LogP contribution in [0.4, 0.5) is 0 Å². The number of ether oxygens (including phenoxy) is 4. The van der Waals surface area contributed by atoms with Crippen LogP contribution in [0.3, 0.4) is 0 Å². The van der Waals surface area contributed by atoms with Crippen LogP contribution in [0.1, 0.15) is 39.5 Å². The van der Waals surface area contributed by atoms with Crippen LogP contribution < -0.4 is 0 Å². The molecular formula is C20H32O6. The van der Waals surface area contributed by atoms with Crippen molar-refractivity contribution < 1.29 is 28.5 Å². The second-order valence-corrected chi connectivity index (χ2v) is 6.37. The van der Waals surface area contributed by atoms with Crippen molar-refractivity contribution in [2.45, 2.75) is 39.5 Å². The van der Waals surface area contributed by atoms with E-state index in [2.05, 4.69) is 0 Å². The molecule has 0 unspecified atom stereocenters. The van der Waals surface area contributed by atoms with Crippen molar-refractivity contribution in [3.8, 4) is 0 Å². The van der Waals surface area contributed by atoms with Gasteiger partial charge in [0, 0.05) is 25.4 Å².